The number of fused-ring (bicyclic) bond motifs is 1. The Morgan fingerprint density at radius 1 is 1.21 bits per heavy atom. The van der Waals surface area contributed by atoms with Crippen LogP contribution in [0.25, 0.3) is 10.2 Å². The van der Waals surface area contributed by atoms with Crippen LogP contribution in [0.5, 0.6) is 5.88 Å². The van der Waals surface area contributed by atoms with Crippen molar-refractivity contribution in [3.63, 3.8) is 0 Å². The zero-order valence-electron chi connectivity index (χ0n) is 10.6. The molecule has 0 atom stereocenters. The maximum atomic E-state index is 5.84. The number of hydrogen-bond acceptors (Lipinski definition) is 6. The molecule has 0 aliphatic heterocycles. The molecule has 0 saturated carbocycles. The topological polar surface area (TPSA) is 53.5 Å². The first-order valence-electron chi connectivity index (χ1n) is 5.91. The molecule has 19 heavy (non-hydrogen) atoms. The van der Waals surface area contributed by atoms with Gasteiger partial charge in [-0.15, -0.1) is 11.3 Å². The summed E-state index contributed by atoms with van der Waals surface area (Å²) in [6.07, 6.45) is 0.789. The van der Waals surface area contributed by atoms with E-state index in [1.807, 2.05) is 11.4 Å². The Labute approximate surface area is 120 Å². The lowest BCUT2D eigenvalue weighted by Crippen LogP contribution is -2.07. The smallest absolute Gasteiger partial charge is 0.227 e. The summed E-state index contributed by atoms with van der Waals surface area (Å²) in [6.45, 7) is 2.38. The van der Waals surface area contributed by atoms with Gasteiger partial charge in [-0.05, 0) is 23.0 Å². The molecule has 0 aliphatic rings. The Morgan fingerprint density at radius 2 is 2.11 bits per heavy atom. The van der Waals surface area contributed by atoms with Crippen LogP contribution in [0.4, 0.5) is 0 Å². The van der Waals surface area contributed by atoms with Gasteiger partial charge in [-0.1, -0.05) is 0 Å². The van der Waals surface area contributed by atoms with E-state index < -0.39 is 0 Å². The quantitative estimate of drug-likeness (QED) is 0.554. The maximum Gasteiger partial charge on any atom is 0.227 e. The molecule has 0 N–H and O–H groups in total. The molecule has 0 amide bonds. The Bertz CT molecular complexity index is 521. The molecule has 104 valence electrons. The predicted octanol–water partition coefficient (Wildman–Crippen LogP) is 2.78. The minimum absolute atomic E-state index is 0.210. The van der Waals surface area contributed by atoms with Crippen LogP contribution in [0, 0.1) is 0 Å². The highest BCUT2D eigenvalue weighted by Crippen LogP contribution is 2.27. The third-order valence-corrected chi connectivity index (χ3v) is 3.34. The minimum atomic E-state index is 0.210. The number of aromatic nitrogens is 2. The summed E-state index contributed by atoms with van der Waals surface area (Å²) in [5, 5.41) is 3.05. The molecule has 2 aromatic heterocycles. The summed E-state index contributed by atoms with van der Waals surface area (Å²) in [5.74, 6) is 0.535. The molecule has 0 unspecified atom stereocenters. The van der Waals surface area contributed by atoms with E-state index in [0.29, 0.717) is 32.3 Å². The van der Waals surface area contributed by atoms with E-state index >= 15 is 0 Å². The lowest BCUT2D eigenvalue weighted by molar-refractivity contribution is 0.0643. The molecule has 2 rings (SSSR count). The third-order valence-electron chi connectivity index (χ3n) is 2.37. The van der Waals surface area contributed by atoms with Gasteiger partial charge in [0.25, 0.3) is 0 Å². The first-order chi connectivity index (χ1) is 9.31. The number of methoxy groups -OCH3 is 1. The van der Waals surface area contributed by atoms with Gasteiger partial charge in [0.05, 0.1) is 25.2 Å². The second-order valence-electron chi connectivity index (χ2n) is 3.74. The van der Waals surface area contributed by atoms with Gasteiger partial charge in [0, 0.05) is 20.1 Å². The predicted molar refractivity (Wildman–Crippen MR) is 75.2 cm³/mol. The highest BCUT2D eigenvalue weighted by atomic mass is 35.5. The number of rotatable bonds is 8. The van der Waals surface area contributed by atoms with Gasteiger partial charge in [-0.2, -0.15) is 4.98 Å². The Balaban J connectivity index is 1.79. The Morgan fingerprint density at radius 3 is 2.95 bits per heavy atom. The molecule has 0 aliphatic carbocycles. The molecule has 7 heteroatoms. The molecule has 0 spiro atoms. The van der Waals surface area contributed by atoms with E-state index in [0.717, 1.165) is 16.6 Å². The van der Waals surface area contributed by atoms with E-state index in [2.05, 4.69) is 9.97 Å². The van der Waals surface area contributed by atoms with Crippen LogP contribution in [0.3, 0.4) is 0 Å². The summed E-state index contributed by atoms with van der Waals surface area (Å²) in [4.78, 5) is 9.07. The molecule has 0 saturated heterocycles. The van der Waals surface area contributed by atoms with E-state index in [9.17, 15) is 0 Å². The summed E-state index contributed by atoms with van der Waals surface area (Å²) >= 11 is 7.36. The number of thiophene rings is 1. The number of halogens is 1. The summed E-state index contributed by atoms with van der Waals surface area (Å²) in [5.41, 5.74) is 0. The van der Waals surface area contributed by atoms with Crippen LogP contribution in [0.15, 0.2) is 11.4 Å². The number of ether oxygens (including phenoxy) is 3. The van der Waals surface area contributed by atoms with Crippen LogP contribution in [-0.4, -0.2) is 43.5 Å². The normalized spacial score (nSPS) is 11.1. The molecule has 0 radical (unpaired) electrons. The van der Waals surface area contributed by atoms with Gasteiger partial charge in [0.2, 0.25) is 11.2 Å². The minimum Gasteiger partial charge on any atom is -0.477 e. The lowest BCUT2D eigenvalue weighted by Gasteiger charge is -2.07. The molecule has 2 aromatic rings. The third kappa shape index (κ3) is 4.28. The fraction of sp³-hybridized carbons (Fsp3) is 0.500. The monoisotopic (exact) mass is 302 g/mol. The van der Waals surface area contributed by atoms with Crippen molar-refractivity contribution >= 4 is 33.2 Å². The van der Waals surface area contributed by atoms with Gasteiger partial charge in [0.1, 0.15) is 4.83 Å². The highest BCUT2D eigenvalue weighted by molar-refractivity contribution is 7.16. The molecular weight excluding hydrogens is 288 g/mol. The zero-order valence-corrected chi connectivity index (χ0v) is 12.2. The van der Waals surface area contributed by atoms with Crippen molar-refractivity contribution in [2.24, 2.45) is 0 Å². The van der Waals surface area contributed by atoms with Crippen LogP contribution >= 0.6 is 22.9 Å². The second-order valence-corrected chi connectivity index (χ2v) is 4.98. The summed E-state index contributed by atoms with van der Waals surface area (Å²) in [7, 11) is 1.65. The fourth-order valence-electron chi connectivity index (χ4n) is 1.49. The maximum absolute atomic E-state index is 5.84. The highest BCUT2D eigenvalue weighted by Gasteiger charge is 2.08. The van der Waals surface area contributed by atoms with Crippen LogP contribution < -0.4 is 4.74 Å². The van der Waals surface area contributed by atoms with Crippen LogP contribution in [0.2, 0.25) is 5.28 Å². The number of nitrogens with zero attached hydrogens (tertiary/aromatic N) is 2. The first-order valence-corrected chi connectivity index (χ1v) is 7.17. The molecule has 0 aromatic carbocycles. The largest absolute Gasteiger partial charge is 0.477 e. The molecule has 0 bridgehead atoms. The van der Waals surface area contributed by atoms with E-state index in [1.54, 1.807) is 7.11 Å². The van der Waals surface area contributed by atoms with Gasteiger partial charge in [-0.25, -0.2) is 4.98 Å². The summed E-state index contributed by atoms with van der Waals surface area (Å²) in [6, 6.07) is 1.93. The van der Waals surface area contributed by atoms with E-state index in [4.69, 9.17) is 25.8 Å². The molecular formula is C12H15ClN2O3S. The van der Waals surface area contributed by atoms with Crippen LogP contribution in [0.1, 0.15) is 6.42 Å². The van der Waals surface area contributed by atoms with Gasteiger partial charge in [0.15, 0.2) is 0 Å². The van der Waals surface area contributed by atoms with E-state index in [1.165, 1.54) is 11.3 Å². The number of hydrogen-bond donors (Lipinski definition) is 0. The van der Waals surface area contributed by atoms with Crippen molar-refractivity contribution in [3.8, 4) is 5.88 Å². The van der Waals surface area contributed by atoms with Crippen molar-refractivity contribution < 1.29 is 14.2 Å². The van der Waals surface area contributed by atoms with E-state index in [-0.39, 0.29) is 5.28 Å². The Hall–Kier alpha value is -0.950. The molecule has 0 fully saturated rings. The van der Waals surface area contributed by atoms with Crippen molar-refractivity contribution in [2.75, 3.05) is 33.5 Å². The summed E-state index contributed by atoms with van der Waals surface area (Å²) < 4.78 is 15.9. The van der Waals surface area contributed by atoms with Crippen LogP contribution in [-0.2, 0) is 9.47 Å². The standard InChI is InChI=1S/C12H15ClN2O3S/c1-16-6-7-17-4-2-5-18-10-9-3-8-19-11(9)15-12(13)14-10/h3,8H,2,4-7H2,1H3. The lowest BCUT2D eigenvalue weighted by atomic mass is 10.4. The fourth-order valence-corrected chi connectivity index (χ4v) is 2.45. The van der Waals surface area contributed by atoms with Crippen molar-refractivity contribution in [2.45, 2.75) is 6.42 Å². The van der Waals surface area contributed by atoms with Crippen molar-refractivity contribution in [3.05, 3.63) is 16.7 Å². The van der Waals surface area contributed by atoms with Crippen molar-refractivity contribution in [1.29, 1.82) is 0 Å². The average Bonchev–Trinajstić information content (AvgIpc) is 2.85. The molecule has 5 nitrogen and oxygen atoms in total. The zero-order chi connectivity index (χ0) is 13.5. The Kier molecular flexibility index (Phi) is 5.78. The van der Waals surface area contributed by atoms with Gasteiger partial charge in [-0.3, -0.25) is 0 Å². The SMILES string of the molecule is COCCOCCCOc1nc(Cl)nc2sccc12. The first kappa shape index (κ1) is 14.5. The second kappa shape index (κ2) is 7.59. The van der Waals surface area contributed by atoms with Gasteiger partial charge < -0.3 is 14.2 Å². The van der Waals surface area contributed by atoms with Crippen molar-refractivity contribution in [1.82, 2.24) is 9.97 Å². The average molecular weight is 303 g/mol. The van der Waals surface area contributed by atoms with Gasteiger partial charge >= 0.3 is 0 Å². The molecule has 2 heterocycles.